The van der Waals surface area contributed by atoms with E-state index < -0.39 is 12.2 Å². The molecule has 1 aromatic carbocycles. The Bertz CT molecular complexity index is 784. The van der Waals surface area contributed by atoms with Gasteiger partial charge in [0.25, 0.3) is 0 Å². The summed E-state index contributed by atoms with van der Waals surface area (Å²) in [5.74, 6) is 3.56. The number of fused-ring (bicyclic) bond motifs is 1. The van der Waals surface area contributed by atoms with E-state index in [1.54, 1.807) is 22.9 Å². The molecule has 126 valence electrons. The average molecular weight is 365 g/mol. The molecule has 0 bridgehead atoms. The molecule has 3 heterocycles. The van der Waals surface area contributed by atoms with Crippen molar-refractivity contribution >= 4 is 23.5 Å². The summed E-state index contributed by atoms with van der Waals surface area (Å²) in [6, 6.07) is 6.19. The standard InChI is InChI=1S/C17H17F2N3S2/c18-12-4-2-1-3-11(12)14-9-13(19)15-20-16(21-22(14)15)17(10-5-6-10)23-7-8-24-17/h1-4,10,13-14H,5-9H2. The van der Waals surface area contributed by atoms with Gasteiger partial charge in [-0.05, 0) is 24.8 Å². The van der Waals surface area contributed by atoms with Crippen molar-refractivity contribution in [1.82, 2.24) is 14.8 Å². The number of aromatic nitrogens is 3. The molecule has 0 spiro atoms. The number of halogens is 2. The SMILES string of the molecule is Fc1ccccc1C1CC(F)c2nc(C3(C4CC4)SCCS3)nn21. The zero-order chi connectivity index (χ0) is 16.3. The first-order chi connectivity index (χ1) is 11.7. The van der Waals surface area contributed by atoms with E-state index >= 15 is 0 Å². The molecular formula is C17H17F2N3S2. The van der Waals surface area contributed by atoms with E-state index in [2.05, 4.69) is 4.98 Å². The van der Waals surface area contributed by atoms with Gasteiger partial charge < -0.3 is 0 Å². The molecule has 1 saturated heterocycles. The van der Waals surface area contributed by atoms with Gasteiger partial charge in [0.15, 0.2) is 17.8 Å². The molecule has 2 unspecified atom stereocenters. The molecule has 2 atom stereocenters. The highest BCUT2D eigenvalue weighted by atomic mass is 32.2. The van der Waals surface area contributed by atoms with Crippen molar-refractivity contribution < 1.29 is 8.78 Å². The van der Waals surface area contributed by atoms with E-state index in [0.29, 0.717) is 17.3 Å². The van der Waals surface area contributed by atoms with Crippen molar-refractivity contribution in [1.29, 1.82) is 0 Å². The van der Waals surface area contributed by atoms with Gasteiger partial charge in [-0.15, -0.1) is 23.5 Å². The molecule has 5 rings (SSSR count). The van der Waals surface area contributed by atoms with Crippen molar-refractivity contribution in [2.45, 2.75) is 35.6 Å². The van der Waals surface area contributed by atoms with E-state index in [4.69, 9.17) is 5.10 Å². The van der Waals surface area contributed by atoms with Gasteiger partial charge in [-0.3, -0.25) is 0 Å². The van der Waals surface area contributed by atoms with Crippen LogP contribution in [0.5, 0.6) is 0 Å². The number of nitrogens with zero attached hydrogens (tertiary/aromatic N) is 3. The van der Waals surface area contributed by atoms with Gasteiger partial charge in [0.2, 0.25) is 0 Å². The molecule has 3 aliphatic rings. The summed E-state index contributed by atoms with van der Waals surface area (Å²) in [6.07, 6.45) is 1.43. The molecule has 7 heteroatoms. The van der Waals surface area contributed by atoms with Gasteiger partial charge in [-0.1, -0.05) is 18.2 Å². The molecule has 1 aromatic heterocycles. The van der Waals surface area contributed by atoms with Crippen molar-refractivity contribution in [3.63, 3.8) is 0 Å². The van der Waals surface area contributed by atoms with Gasteiger partial charge in [0.05, 0.1) is 6.04 Å². The molecule has 0 amide bonds. The highest BCUT2D eigenvalue weighted by molar-refractivity contribution is 8.20. The third-order valence-corrected chi connectivity index (χ3v) is 8.74. The zero-order valence-electron chi connectivity index (χ0n) is 13.0. The Labute approximate surface area is 147 Å². The minimum Gasteiger partial charge on any atom is -0.239 e. The van der Waals surface area contributed by atoms with Gasteiger partial charge in [-0.25, -0.2) is 18.4 Å². The molecule has 2 fully saturated rings. The Morgan fingerprint density at radius 3 is 2.62 bits per heavy atom. The van der Waals surface area contributed by atoms with Crippen LogP contribution in [0.4, 0.5) is 8.78 Å². The minimum atomic E-state index is -1.18. The monoisotopic (exact) mass is 365 g/mol. The molecule has 1 aliphatic carbocycles. The fourth-order valence-electron chi connectivity index (χ4n) is 3.77. The van der Waals surface area contributed by atoms with Gasteiger partial charge in [-0.2, -0.15) is 5.10 Å². The lowest BCUT2D eigenvalue weighted by Crippen LogP contribution is -2.21. The normalized spacial score (nSPS) is 28.2. The Morgan fingerprint density at radius 1 is 1.17 bits per heavy atom. The number of hydrogen-bond donors (Lipinski definition) is 0. The fourth-order valence-corrected chi connectivity index (χ4v) is 7.25. The topological polar surface area (TPSA) is 30.7 Å². The van der Waals surface area contributed by atoms with E-state index in [-0.39, 0.29) is 16.3 Å². The predicted octanol–water partition coefficient (Wildman–Crippen LogP) is 4.46. The van der Waals surface area contributed by atoms with Crippen LogP contribution in [0.15, 0.2) is 24.3 Å². The average Bonchev–Trinajstić information content (AvgIpc) is 3.05. The molecule has 2 aromatic rings. The van der Waals surface area contributed by atoms with E-state index in [0.717, 1.165) is 17.3 Å². The smallest absolute Gasteiger partial charge is 0.177 e. The molecule has 1 saturated carbocycles. The van der Waals surface area contributed by atoms with Crippen LogP contribution in [0.3, 0.4) is 0 Å². The van der Waals surface area contributed by atoms with E-state index in [1.165, 1.54) is 18.9 Å². The van der Waals surface area contributed by atoms with Crippen molar-refractivity contribution in [2.75, 3.05) is 11.5 Å². The quantitative estimate of drug-likeness (QED) is 0.803. The maximum Gasteiger partial charge on any atom is 0.177 e. The summed E-state index contributed by atoms with van der Waals surface area (Å²) in [5, 5.41) is 4.71. The first kappa shape index (κ1) is 15.2. The van der Waals surface area contributed by atoms with Crippen LogP contribution >= 0.6 is 23.5 Å². The number of rotatable bonds is 3. The van der Waals surface area contributed by atoms with Crippen LogP contribution in [0.1, 0.15) is 48.7 Å². The maximum atomic E-state index is 14.6. The van der Waals surface area contributed by atoms with Crippen LogP contribution in [0.25, 0.3) is 0 Å². The van der Waals surface area contributed by atoms with Crippen LogP contribution in [-0.4, -0.2) is 26.3 Å². The number of hydrogen-bond acceptors (Lipinski definition) is 4. The lowest BCUT2D eigenvalue weighted by molar-refractivity contribution is 0.326. The Balaban J connectivity index is 1.58. The fraction of sp³-hybridized carbons (Fsp3) is 0.529. The summed E-state index contributed by atoms with van der Waals surface area (Å²) in [7, 11) is 0. The molecule has 0 radical (unpaired) electrons. The molecular weight excluding hydrogens is 348 g/mol. The Kier molecular flexibility index (Phi) is 3.46. The summed E-state index contributed by atoms with van der Waals surface area (Å²) in [4.78, 5) is 4.61. The highest BCUT2D eigenvalue weighted by Gasteiger charge is 2.53. The van der Waals surface area contributed by atoms with Gasteiger partial charge in [0, 0.05) is 23.5 Å². The summed E-state index contributed by atoms with van der Waals surface area (Å²) in [5.41, 5.74) is 0.502. The third kappa shape index (κ3) is 2.17. The highest BCUT2D eigenvalue weighted by Crippen LogP contribution is 2.63. The second kappa shape index (κ2) is 5.46. The zero-order valence-corrected chi connectivity index (χ0v) is 14.6. The summed E-state index contributed by atoms with van der Waals surface area (Å²) < 4.78 is 30.3. The Hall–Kier alpha value is -1.08. The van der Waals surface area contributed by atoms with Crippen molar-refractivity contribution in [3.05, 3.63) is 47.3 Å². The summed E-state index contributed by atoms with van der Waals surface area (Å²) in [6.45, 7) is 0. The molecule has 2 aliphatic heterocycles. The van der Waals surface area contributed by atoms with Crippen molar-refractivity contribution in [3.8, 4) is 0 Å². The first-order valence-corrected chi connectivity index (χ1v) is 10.3. The number of thioether (sulfide) groups is 2. The molecule has 0 N–H and O–H groups in total. The molecule has 24 heavy (non-hydrogen) atoms. The lowest BCUT2D eigenvalue weighted by Gasteiger charge is -2.24. The van der Waals surface area contributed by atoms with Crippen LogP contribution in [0.2, 0.25) is 0 Å². The number of benzene rings is 1. The Morgan fingerprint density at radius 2 is 1.92 bits per heavy atom. The largest absolute Gasteiger partial charge is 0.239 e. The van der Waals surface area contributed by atoms with Crippen LogP contribution < -0.4 is 0 Å². The maximum absolute atomic E-state index is 14.6. The van der Waals surface area contributed by atoms with Crippen molar-refractivity contribution in [2.24, 2.45) is 5.92 Å². The van der Waals surface area contributed by atoms with Gasteiger partial charge in [0.1, 0.15) is 9.90 Å². The number of alkyl halides is 1. The second-order valence-electron chi connectivity index (χ2n) is 6.62. The second-order valence-corrected chi connectivity index (χ2v) is 9.56. The first-order valence-electron chi connectivity index (χ1n) is 8.32. The minimum absolute atomic E-state index is 0.114. The van der Waals surface area contributed by atoms with Crippen LogP contribution in [-0.2, 0) is 4.08 Å². The van der Waals surface area contributed by atoms with Crippen LogP contribution in [0, 0.1) is 11.7 Å². The third-order valence-electron chi connectivity index (χ3n) is 5.07. The van der Waals surface area contributed by atoms with E-state index in [1.807, 2.05) is 23.5 Å². The predicted molar refractivity (Wildman–Crippen MR) is 92.3 cm³/mol. The molecule has 3 nitrogen and oxygen atoms in total. The van der Waals surface area contributed by atoms with Gasteiger partial charge >= 0.3 is 0 Å². The lowest BCUT2D eigenvalue weighted by atomic mass is 10.0. The summed E-state index contributed by atoms with van der Waals surface area (Å²) >= 11 is 3.80. The van der Waals surface area contributed by atoms with E-state index in [9.17, 15) is 8.78 Å².